The van der Waals surface area contributed by atoms with Gasteiger partial charge in [0.25, 0.3) is 0 Å². The second kappa shape index (κ2) is 7.75. The molecule has 2 aromatic rings. The smallest absolute Gasteiger partial charge is 0.325 e. The van der Waals surface area contributed by atoms with Crippen LogP contribution in [0.2, 0.25) is 0 Å². The van der Waals surface area contributed by atoms with Crippen molar-refractivity contribution < 1.29 is 14.3 Å². The lowest BCUT2D eigenvalue weighted by Gasteiger charge is -2.03. The molecule has 2 heterocycles. The topological polar surface area (TPSA) is 65.4 Å². The van der Waals surface area contributed by atoms with Gasteiger partial charge in [0, 0.05) is 38.0 Å². The van der Waals surface area contributed by atoms with Crippen LogP contribution in [0.5, 0.6) is 0 Å². The first-order valence-corrected chi connectivity index (χ1v) is 7.04. The van der Waals surface area contributed by atoms with E-state index in [9.17, 15) is 4.79 Å². The SMILES string of the molecule is CCOC(=O)Cn1cc(CNCCOC)c2cccnc21. The number of hydrogen-bond acceptors (Lipinski definition) is 5. The van der Waals surface area contributed by atoms with E-state index >= 15 is 0 Å². The first-order chi connectivity index (χ1) is 10.3. The summed E-state index contributed by atoms with van der Waals surface area (Å²) >= 11 is 0. The molecule has 114 valence electrons. The number of rotatable bonds is 8. The van der Waals surface area contributed by atoms with Gasteiger partial charge in [0.15, 0.2) is 0 Å². The number of aromatic nitrogens is 2. The van der Waals surface area contributed by atoms with E-state index in [1.54, 1.807) is 20.2 Å². The van der Waals surface area contributed by atoms with Crippen molar-refractivity contribution >= 4 is 17.0 Å². The molecule has 6 heteroatoms. The lowest BCUT2D eigenvalue weighted by molar-refractivity contribution is -0.143. The predicted octanol–water partition coefficient (Wildman–Crippen LogP) is 1.34. The lowest BCUT2D eigenvalue weighted by atomic mass is 10.2. The highest BCUT2D eigenvalue weighted by molar-refractivity contribution is 5.82. The zero-order valence-electron chi connectivity index (χ0n) is 12.5. The molecule has 0 unspecified atom stereocenters. The summed E-state index contributed by atoms with van der Waals surface area (Å²) in [6.45, 7) is 4.52. The number of esters is 1. The van der Waals surface area contributed by atoms with Crippen molar-refractivity contribution in [3.63, 3.8) is 0 Å². The summed E-state index contributed by atoms with van der Waals surface area (Å²) in [6, 6.07) is 3.91. The Morgan fingerprint density at radius 3 is 3.10 bits per heavy atom. The van der Waals surface area contributed by atoms with Gasteiger partial charge in [0.1, 0.15) is 12.2 Å². The molecule has 2 rings (SSSR count). The summed E-state index contributed by atoms with van der Waals surface area (Å²) < 4.78 is 11.8. The molecule has 2 aromatic heterocycles. The van der Waals surface area contributed by atoms with Crippen LogP contribution in [0.25, 0.3) is 11.0 Å². The molecule has 0 saturated carbocycles. The largest absolute Gasteiger partial charge is 0.465 e. The van der Waals surface area contributed by atoms with E-state index < -0.39 is 0 Å². The second-order valence-corrected chi connectivity index (χ2v) is 4.63. The Balaban J connectivity index is 2.16. The quantitative estimate of drug-likeness (QED) is 0.587. The number of ether oxygens (including phenoxy) is 2. The van der Waals surface area contributed by atoms with Crippen LogP contribution >= 0.6 is 0 Å². The average molecular weight is 291 g/mol. The Morgan fingerprint density at radius 2 is 2.33 bits per heavy atom. The van der Waals surface area contributed by atoms with Crippen LogP contribution in [0.4, 0.5) is 0 Å². The molecule has 1 N–H and O–H groups in total. The van der Waals surface area contributed by atoms with Crippen molar-refractivity contribution in [3.8, 4) is 0 Å². The Labute approximate surface area is 124 Å². The molecule has 6 nitrogen and oxygen atoms in total. The van der Waals surface area contributed by atoms with Crippen molar-refractivity contribution in [2.24, 2.45) is 0 Å². The van der Waals surface area contributed by atoms with Crippen LogP contribution in [-0.4, -0.2) is 42.4 Å². The zero-order valence-corrected chi connectivity index (χ0v) is 12.5. The van der Waals surface area contributed by atoms with E-state index in [2.05, 4.69) is 10.3 Å². The van der Waals surface area contributed by atoms with Gasteiger partial charge in [-0.05, 0) is 24.6 Å². The minimum Gasteiger partial charge on any atom is -0.465 e. The van der Waals surface area contributed by atoms with Gasteiger partial charge in [-0.2, -0.15) is 0 Å². The maximum atomic E-state index is 11.7. The molecule has 0 bridgehead atoms. The summed E-state index contributed by atoms with van der Waals surface area (Å²) in [6.07, 6.45) is 3.68. The maximum Gasteiger partial charge on any atom is 0.325 e. The van der Waals surface area contributed by atoms with E-state index in [4.69, 9.17) is 9.47 Å². The normalized spacial score (nSPS) is 11.0. The van der Waals surface area contributed by atoms with E-state index in [-0.39, 0.29) is 12.5 Å². The highest BCUT2D eigenvalue weighted by atomic mass is 16.5. The number of fused-ring (bicyclic) bond motifs is 1. The van der Waals surface area contributed by atoms with Crippen LogP contribution in [0.1, 0.15) is 12.5 Å². The molecule has 0 atom stereocenters. The van der Waals surface area contributed by atoms with Gasteiger partial charge in [-0.3, -0.25) is 4.79 Å². The highest BCUT2D eigenvalue weighted by Crippen LogP contribution is 2.19. The highest BCUT2D eigenvalue weighted by Gasteiger charge is 2.12. The fourth-order valence-electron chi connectivity index (χ4n) is 2.20. The Hall–Kier alpha value is -1.92. The van der Waals surface area contributed by atoms with Crippen LogP contribution < -0.4 is 5.32 Å². The summed E-state index contributed by atoms with van der Waals surface area (Å²) in [4.78, 5) is 16.0. The molecule has 0 spiro atoms. The molecule has 0 aromatic carbocycles. The molecule has 0 aliphatic carbocycles. The third-order valence-electron chi connectivity index (χ3n) is 3.12. The number of methoxy groups -OCH3 is 1. The van der Waals surface area contributed by atoms with Gasteiger partial charge in [-0.1, -0.05) is 0 Å². The first-order valence-electron chi connectivity index (χ1n) is 7.04. The van der Waals surface area contributed by atoms with Gasteiger partial charge in [-0.25, -0.2) is 4.98 Å². The van der Waals surface area contributed by atoms with Crippen molar-refractivity contribution in [1.29, 1.82) is 0 Å². The van der Waals surface area contributed by atoms with Crippen LogP contribution in [0.15, 0.2) is 24.5 Å². The molecular formula is C15H21N3O3. The van der Waals surface area contributed by atoms with Gasteiger partial charge in [0.05, 0.1) is 13.2 Å². The number of hydrogen-bond donors (Lipinski definition) is 1. The van der Waals surface area contributed by atoms with Gasteiger partial charge >= 0.3 is 5.97 Å². The third-order valence-corrected chi connectivity index (χ3v) is 3.12. The molecule has 0 amide bonds. The summed E-state index contributed by atoms with van der Waals surface area (Å²) in [5, 5.41) is 4.35. The molecule has 21 heavy (non-hydrogen) atoms. The summed E-state index contributed by atoms with van der Waals surface area (Å²) in [5.41, 5.74) is 1.91. The number of nitrogens with zero attached hydrogens (tertiary/aromatic N) is 2. The number of carbonyl (C=O) groups excluding carboxylic acids is 1. The maximum absolute atomic E-state index is 11.7. The first kappa shape index (κ1) is 15.5. The van der Waals surface area contributed by atoms with Crippen molar-refractivity contribution in [1.82, 2.24) is 14.9 Å². The molecule has 0 aliphatic heterocycles. The van der Waals surface area contributed by atoms with Crippen LogP contribution in [-0.2, 0) is 27.4 Å². The Morgan fingerprint density at radius 1 is 1.48 bits per heavy atom. The van der Waals surface area contributed by atoms with Gasteiger partial charge < -0.3 is 19.4 Å². The van der Waals surface area contributed by atoms with Crippen LogP contribution in [0.3, 0.4) is 0 Å². The molecular weight excluding hydrogens is 270 g/mol. The van der Waals surface area contributed by atoms with E-state index in [1.165, 1.54) is 0 Å². The summed E-state index contributed by atoms with van der Waals surface area (Å²) in [7, 11) is 1.68. The molecule has 0 saturated heterocycles. The predicted molar refractivity (Wildman–Crippen MR) is 79.9 cm³/mol. The fourth-order valence-corrected chi connectivity index (χ4v) is 2.20. The van der Waals surface area contributed by atoms with Crippen molar-refractivity contribution in [3.05, 3.63) is 30.1 Å². The number of pyridine rings is 1. The third kappa shape index (κ3) is 4.03. The van der Waals surface area contributed by atoms with E-state index in [0.717, 1.165) is 23.1 Å². The van der Waals surface area contributed by atoms with Crippen LogP contribution in [0, 0.1) is 0 Å². The van der Waals surface area contributed by atoms with E-state index in [1.807, 2.05) is 22.9 Å². The molecule has 0 fully saturated rings. The minimum absolute atomic E-state index is 0.180. The summed E-state index contributed by atoms with van der Waals surface area (Å²) in [5.74, 6) is -0.251. The Kier molecular flexibility index (Phi) is 5.71. The standard InChI is InChI=1S/C15H21N3O3/c1-3-21-14(19)11-18-10-12(9-16-7-8-20-2)13-5-4-6-17-15(13)18/h4-6,10,16H,3,7-9,11H2,1-2H3. The molecule has 0 aliphatic rings. The van der Waals surface area contributed by atoms with E-state index in [0.29, 0.717) is 19.8 Å². The fraction of sp³-hybridized carbons (Fsp3) is 0.467. The second-order valence-electron chi connectivity index (χ2n) is 4.63. The van der Waals surface area contributed by atoms with Crippen molar-refractivity contribution in [2.75, 3.05) is 26.9 Å². The Bertz CT molecular complexity index is 595. The number of nitrogens with one attached hydrogen (secondary N) is 1. The van der Waals surface area contributed by atoms with Gasteiger partial charge in [0.2, 0.25) is 0 Å². The lowest BCUT2D eigenvalue weighted by Crippen LogP contribution is -2.18. The zero-order chi connectivity index (χ0) is 15.1. The minimum atomic E-state index is -0.251. The van der Waals surface area contributed by atoms with Gasteiger partial charge in [-0.15, -0.1) is 0 Å². The number of carbonyl (C=O) groups is 1. The monoisotopic (exact) mass is 291 g/mol. The van der Waals surface area contributed by atoms with Crippen molar-refractivity contribution in [2.45, 2.75) is 20.0 Å². The average Bonchev–Trinajstić information content (AvgIpc) is 2.82. The molecule has 0 radical (unpaired) electrons.